The number of benzene rings is 2. The predicted molar refractivity (Wildman–Crippen MR) is 116 cm³/mol. The van der Waals surface area contributed by atoms with Crippen molar-refractivity contribution >= 4 is 35.9 Å². The average molecular weight is 485 g/mol. The highest BCUT2D eigenvalue weighted by atomic mass is 127. The summed E-state index contributed by atoms with van der Waals surface area (Å²) in [5.74, 6) is 0.119. The minimum atomic E-state index is -0.318. The molecule has 0 aliphatic carbocycles. The first-order chi connectivity index (χ1) is 12.6. The third kappa shape index (κ3) is 7.94. The van der Waals surface area contributed by atoms with Crippen LogP contribution in [0.1, 0.15) is 28.4 Å². The lowest BCUT2D eigenvalue weighted by molar-refractivity contribution is 0.0526. The fourth-order valence-corrected chi connectivity index (χ4v) is 2.40. The van der Waals surface area contributed by atoms with E-state index >= 15 is 0 Å². The molecule has 0 fully saturated rings. The molecule has 0 aliphatic rings. The van der Waals surface area contributed by atoms with E-state index in [1.807, 2.05) is 18.2 Å². The number of ether oxygens (including phenoxy) is 1. The summed E-state index contributed by atoms with van der Waals surface area (Å²) >= 11 is 0. The Morgan fingerprint density at radius 3 is 2.48 bits per heavy atom. The van der Waals surface area contributed by atoms with Crippen LogP contribution < -0.4 is 10.6 Å². The molecule has 0 unspecified atom stereocenters. The van der Waals surface area contributed by atoms with Gasteiger partial charge in [0.25, 0.3) is 0 Å². The van der Waals surface area contributed by atoms with E-state index in [0.717, 1.165) is 11.1 Å². The van der Waals surface area contributed by atoms with Crippen molar-refractivity contribution in [3.05, 3.63) is 71.0 Å². The lowest BCUT2D eigenvalue weighted by Crippen LogP contribution is -2.37. The van der Waals surface area contributed by atoms with Crippen LogP contribution in [0, 0.1) is 5.82 Å². The zero-order valence-electron chi connectivity index (χ0n) is 15.5. The quantitative estimate of drug-likeness (QED) is 0.273. The SMILES string of the molecule is CCOC(=O)c1ccc(CNC(=NC)NCCc2cccc(F)c2)cc1.I. The third-order valence-corrected chi connectivity index (χ3v) is 3.74. The van der Waals surface area contributed by atoms with Crippen LogP contribution in [0.5, 0.6) is 0 Å². The molecule has 0 saturated carbocycles. The zero-order chi connectivity index (χ0) is 18.8. The van der Waals surface area contributed by atoms with Crippen LogP contribution in [-0.4, -0.2) is 32.1 Å². The Kier molecular flexibility index (Phi) is 10.4. The summed E-state index contributed by atoms with van der Waals surface area (Å²) in [6, 6.07) is 13.8. The Morgan fingerprint density at radius 2 is 1.85 bits per heavy atom. The Balaban J connectivity index is 0.00000364. The number of hydrogen-bond acceptors (Lipinski definition) is 3. The van der Waals surface area contributed by atoms with E-state index in [2.05, 4.69) is 15.6 Å². The topological polar surface area (TPSA) is 62.7 Å². The first kappa shape index (κ1) is 22.9. The first-order valence-corrected chi connectivity index (χ1v) is 8.57. The van der Waals surface area contributed by atoms with Gasteiger partial charge >= 0.3 is 5.97 Å². The van der Waals surface area contributed by atoms with Crippen LogP contribution in [0.2, 0.25) is 0 Å². The number of nitrogens with zero attached hydrogens (tertiary/aromatic N) is 1. The molecule has 146 valence electrons. The second-order valence-corrected chi connectivity index (χ2v) is 5.65. The molecule has 7 heteroatoms. The van der Waals surface area contributed by atoms with Gasteiger partial charge in [-0.2, -0.15) is 0 Å². The summed E-state index contributed by atoms with van der Waals surface area (Å²) in [6.45, 7) is 3.36. The van der Waals surface area contributed by atoms with Crippen molar-refractivity contribution in [3.8, 4) is 0 Å². The Morgan fingerprint density at radius 1 is 1.11 bits per heavy atom. The van der Waals surface area contributed by atoms with Crippen molar-refractivity contribution in [1.82, 2.24) is 10.6 Å². The van der Waals surface area contributed by atoms with Crippen molar-refractivity contribution in [1.29, 1.82) is 0 Å². The summed E-state index contributed by atoms with van der Waals surface area (Å²) in [6.07, 6.45) is 0.701. The predicted octanol–water partition coefficient (Wildman–Crippen LogP) is 3.53. The van der Waals surface area contributed by atoms with Gasteiger partial charge in [0.2, 0.25) is 0 Å². The van der Waals surface area contributed by atoms with Gasteiger partial charge in [0.15, 0.2) is 5.96 Å². The van der Waals surface area contributed by atoms with E-state index in [1.54, 1.807) is 32.2 Å². The average Bonchev–Trinajstić information content (AvgIpc) is 2.65. The molecule has 0 aliphatic heterocycles. The molecule has 2 aromatic rings. The number of carbonyl (C=O) groups is 1. The van der Waals surface area contributed by atoms with Crippen LogP contribution in [0.15, 0.2) is 53.5 Å². The molecule has 0 radical (unpaired) electrons. The van der Waals surface area contributed by atoms with Crippen LogP contribution in [0.3, 0.4) is 0 Å². The number of esters is 1. The molecule has 0 saturated heterocycles. The smallest absolute Gasteiger partial charge is 0.338 e. The van der Waals surface area contributed by atoms with Crippen molar-refractivity contribution in [2.24, 2.45) is 4.99 Å². The molecule has 2 rings (SSSR count). The number of nitrogens with one attached hydrogen (secondary N) is 2. The van der Waals surface area contributed by atoms with Gasteiger partial charge in [-0.3, -0.25) is 4.99 Å². The van der Waals surface area contributed by atoms with Gasteiger partial charge in [0.05, 0.1) is 12.2 Å². The van der Waals surface area contributed by atoms with Gasteiger partial charge in [-0.05, 0) is 48.7 Å². The van der Waals surface area contributed by atoms with E-state index in [4.69, 9.17) is 4.74 Å². The number of hydrogen-bond donors (Lipinski definition) is 2. The molecular formula is C20H25FIN3O2. The summed E-state index contributed by atoms with van der Waals surface area (Å²) < 4.78 is 18.1. The summed E-state index contributed by atoms with van der Waals surface area (Å²) in [5.41, 5.74) is 2.49. The summed E-state index contributed by atoms with van der Waals surface area (Å²) in [4.78, 5) is 15.8. The van der Waals surface area contributed by atoms with Crippen molar-refractivity contribution in [2.75, 3.05) is 20.2 Å². The number of carbonyl (C=O) groups excluding carboxylic acids is 1. The molecule has 2 aromatic carbocycles. The van der Waals surface area contributed by atoms with Crippen molar-refractivity contribution < 1.29 is 13.9 Å². The van der Waals surface area contributed by atoms with E-state index in [9.17, 15) is 9.18 Å². The third-order valence-electron chi connectivity index (χ3n) is 3.74. The molecule has 2 N–H and O–H groups in total. The Labute approximate surface area is 176 Å². The molecule has 0 aromatic heterocycles. The maximum Gasteiger partial charge on any atom is 0.338 e. The van der Waals surface area contributed by atoms with E-state index in [1.165, 1.54) is 12.1 Å². The number of halogens is 2. The van der Waals surface area contributed by atoms with Crippen LogP contribution >= 0.6 is 24.0 Å². The normalized spacial score (nSPS) is 10.7. The van der Waals surface area contributed by atoms with Gasteiger partial charge in [-0.25, -0.2) is 9.18 Å². The van der Waals surface area contributed by atoms with Gasteiger partial charge in [0.1, 0.15) is 5.82 Å². The van der Waals surface area contributed by atoms with Gasteiger partial charge in [0, 0.05) is 20.1 Å². The number of rotatable bonds is 7. The molecule has 0 heterocycles. The minimum Gasteiger partial charge on any atom is -0.462 e. The van der Waals surface area contributed by atoms with Gasteiger partial charge < -0.3 is 15.4 Å². The van der Waals surface area contributed by atoms with Gasteiger partial charge in [-0.1, -0.05) is 24.3 Å². The number of aliphatic imine (C=N–C) groups is 1. The molecule has 0 bridgehead atoms. The fraction of sp³-hybridized carbons (Fsp3) is 0.300. The van der Waals surface area contributed by atoms with Crippen molar-refractivity contribution in [2.45, 2.75) is 19.9 Å². The van der Waals surface area contributed by atoms with Crippen molar-refractivity contribution in [3.63, 3.8) is 0 Å². The van der Waals surface area contributed by atoms with Crippen LogP contribution in [0.25, 0.3) is 0 Å². The summed E-state index contributed by atoms with van der Waals surface area (Å²) in [5, 5.41) is 6.40. The Hall–Kier alpha value is -2.16. The lowest BCUT2D eigenvalue weighted by atomic mass is 10.1. The fourth-order valence-electron chi connectivity index (χ4n) is 2.40. The second-order valence-electron chi connectivity index (χ2n) is 5.65. The highest BCUT2D eigenvalue weighted by Crippen LogP contribution is 2.06. The molecule has 0 atom stereocenters. The lowest BCUT2D eigenvalue weighted by Gasteiger charge is -2.12. The molecular weight excluding hydrogens is 460 g/mol. The minimum absolute atomic E-state index is 0. The standard InChI is InChI=1S/C20H24FN3O2.HI/c1-3-26-19(25)17-9-7-16(8-10-17)14-24-20(22-2)23-12-11-15-5-4-6-18(21)13-15;/h4-10,13H,3,11-12,14H2,1-2H3,(H2,22,23,24);1H. The van der Waals surface area contributed by atoms with Gasteiger partial charge in [-0.15, -0.1) is 24.0 Å². The Bertz CT molecular complexity index is 751. The number of guanidine groups is 1. The van der Waals surface area contributed by atoms with E-state index in [-0.39, 0.29) is 35.8 Å². The second kappa shape index (κ2) is 12.3. The monoisotopic (exact) mass is 485 g/mol. The van der Waals surface area contributed by atoms with Crippen LogP contribution in [0.4, 0.5) is 4.39 Å². The zero-order valence-corrected chi connectivity index (χ0v) is 17.8. The maximum atomic E-state index is 13.2. The molecule has 0 amide bonds. The molecule has 27 heavy (non-hydrogen) atoms. The molecule has 5 nitrogen and oxygen atoms in total. The first-order valence-electron chi connectivity index (χ1n) is 8.57. The van der Waals surface area contributed by atoms with E-state index in [0.29, 0.717) is 37.6 Å². The maximum absolute atomic E-state index is 13.2. The van der Waals surface area contributed by atoms with E-state index < -0.39 is 0 Å². The highest BCUT2D eigenvalue weighted by Gasteiger charge is 2.06. The summed E-state index contributed by atoms with van der Waals surface area (Å²) in [7, 11) is 1.70. The molecule has 0 spiro atoms. The largest absolute Gasteiger partial charge is 0.462 e. The highest BCUT2D eigenvalue weighted by molar-refractivity contribution is 14.0. The van der Waals surface area contributed by atoms with Crippen LogP contribution in [-0.2, 0) is 17.7 Å².